The van der Waals surface area contributed by atoms with Gasteiger partial charge in [-0.2, -0.15) is 0 Å². The Morgan fingerprint density at radius 3 is 1.51 bits per heavy atom. The molecule has 0 saturated carbocycles. The van der Waals surface area contributed by atoms with Crippen LogP contribution in [0.15, 0.2) is 109 Å². The second kappa shape index (κ2) is 16.7. The molecule has 10 nitrogen and oxygen atoms in total. The molecular weight excluding hydrogens is 1100 g/mol. The molecule has 0 aliphatic carbocycles. The maximum absolute atomic E-state index is 15.3. The third-order valence-electron chi connectivity index (χ3n) is 8.44. The SMILES string of the molecule is [C-]#[N+]c1c[c-]n(-c2cccc(C(c3cccc(-c4[c-]cc(F)cc4F)n3)(c3cccc(-c4[c-]cc(F)cc4F)n3)c3cccc(-n4[c-]cc(C#N)n4)n3)n2)n1.[Pt+2].[Pt+2]. The van der Waals surface area contributed by atoms with Crippen LogP contribution in [0.5, 0.6) is 0 Å². The number of aromatic nitrogens is 8. The second-order valence-electron chi connectivity index (χ2n) is 11.7. The predicted octanol–water partition coefficient (Wildman–Crippen LogP) is 7.53. The molecule has 0 N–H and O–H groups in total. The molecule has 6 aromatic heterocycles. The second-order valence-corrected chi connectivity index (χ2v) is 11.7. The maximum Gasteiger partial charge on any atom is 2.00 e. The molecule has 8 rings (SSSR count). The molecule has 0 radical (unpaired) electrons. The molecule has 16 heteroatoms. The molecule has 8 aromatic rings. The van der Waals surface area contributed by atoms with E-state index in [1.165, 1.54) is 33.6 Å². The number of rotatable bonds is 8. The summed E-state index contributed by atoms with van der Waals surface area (Å²) < 4.78 is 61.2. The smallest absolute Gasteiger partial charge is 0.342 e. The van der Waals surface area contributed by atoms with Crippen molar-refractivity contribution in [2.45, 2.75) is 5.41 Å². The van der Waals surface area contributed by atoms with Gasteiger partial charge in [0.15, 0.2) is 0 Å². The Hall–Kier alpha value is -6.46. The molecule has 57 heavy (non-hydrogen) atoms. The van der Waals surface area contributed by atoms with Gasteiger partial charge in [-0.1, -0.05) is 84.6 Å². The summed E-state index contributed by atoms with van der Waals surface area (Å²) in [6.45, 7) is 7.40. The molecule has 0 aliphatic heterocycles. The molecule has 6 heterocycles. The average molecular weight is 1120 g/mol. The molecular formula is C41H18F4N10Pt2. The summed E-state index contributed by atoms with van der Waals surface area (Å²) in [6.07, 6.45) is 5.75. The minimum atomic E-state index is -1.76. The summed E-state index contributed by atoms with van der Waals surface area (Å²) in [5, 5.41) is 17.9. The van der Waals surface area contributed by atoms with Crippen LogP contribution in [0.1, 0.15) is 28.5 Å². The number of hydrogen-bond acceptors (Lipinski definition) is 7. The molecule has 0 atom stereocenters. The van der Waals surface area contributed by atoms with Gasteiger partial charge >= 0.3 is 47.9 Å². The molecule has 0 saturated heterocycles. The van der Waals surface area contributed by atoms with E-state index in [0.29, 0.717) is 0 Å². The number of pyridine rings is 4. The van der Waals surface area contributed by atoms with E-state index in [-0.39, 0.29) is 111 Å². The van der Waals surface area contributed by atoms with Crippen molar-refractivity contribution in [2.24, 2.45) is 0 Å². The maximum atomic E-state index is 15.3. The summed E-state index contributed by atoms with van der Waals surface area (Å²) in [7, 11) is 0. The van der Waals surface area contributed by atoms with Crippen LogP contribution in [0.3, 0.4) is 0 Å². The number of nitrogens with zero attached hydrogens (tertiary/aromatic N) is 10. The third-order valence-corrected chi connectivity index (χ3v) is 8.44. The minimum absolute atomic E-state index is 0. The van der Waals surface area contributed by atoms with Crippen molar-refractivity contribution < 1.29 is 59.7 Å². The van der Waals surface area contributed by atoms with Crippen LogP contribution >= 0.6 is 0 Å². The van der Waals surface area contributed by atoms with E-state index in [4.69, 9.17) is 26.5 Å². The fourth-order valence-corrected chi connectivity index (χ4v) is 6.05. The number of benzene rings is 2. The largest absolute Gasteiger partial charge is 2.00 e. The quantitative estimate of drug-likeness (QED) is 0.114. The van der Waals surface area contributed by atoms with E-state index < -0.39 is 28.7 Å². The van der Waals surface area contributed by atoms with Crippen molar-refractivity contribution in [3.05, 3.63) is 197 Å². The van der Waals surface area contributed by atoms with E-state index in [1.54, 1.807) is 60.7 Å². The van der Waals surface area contributed by atoms with Gasteiger partial charge in [-0.3, -0.25) is 37.5 Å². The van der Waals surface area contributed by atoms with Gasteiger partial charge in [0.2, 0.25) is 0 Å². The van der Waals surface area contributed by atoms with Crippen molar-refractivity contribution in [2.75, 3.05) is 0 Å². The first kappa shape index (κ1) is 40.2. The van der Waals surface area contributed by atoms with Crippen molar-refractivity contribution >= 4 is 5.82 Å². The third kappa shape index (κ3) is 7.58. The molecule has 0 amide bonds. The zero-order valence-corrected chi connectivity index (χ0v) is 33.1. The number of nitriles is 1. The average Bonchev–Trinajstić information content (AvgIpc) is 3.90. The Labute approximate surface area is 350 Å². The van der Waals surface area contributed by atoms with Gasteiger partial charge < -0.3 is 9.53 Å². The Bertz CT molecular complexity index is 2650. The van der Waals surface area contributed by atoms with Crippen molar-refractivity contribution in [1.29, 1.82) is 5.26 Å². The summed E-state index contributed by atoms with van der Waals surface area (Å²) in [5.41, 5.74) is -0.972. The van der Waals surface area contributed by atoms with Crippen LogP contribution in [-0.4, -0.2) is 39.5 Å². The Morgan fingerprint density at radius 2 is 1.07 bits per heavy atom. The summed E-state index contributed by atoms with van der Waals surface area (Å²) >= 11 is 0. The normalized spacial score (nSPS) is 10.8. The molecule has 0 aliphatic rings. The van der Waals surface area contributed by atoms with E-state index in [9.17, 15) is 14.0 Å². The van der Waals surface area contributed by atoms with E-state index in [0.717, 1.165) is 24.3 Å². The van der Waals surface area contributed by atoms with Gasteiger partial charge in [0, 0.05) is 23.3 Å². The predicted molar refractivity (Wildman–Crippen MR) is 187 cm³/mol. The van der Waals surface area contributed by atoms with Crippen LogP contribution in [0.4, 0.5) is 23.4 Å². The van der Waals surface area contributed by atoms with Crippen molar-refractivity contribution in [3.8, 4) is 40.2 Å². The molecule has 280 valence electrons. The van der Waals surface area contributed by atoms with Gasteiger partial charge in [-0.25, -0.2) is 15.0 Å². The Morgan fingerprint density at radius 1 is 0.614 bits per heavy atom. The summed E-state index contributed by atoms with van der Waals surface area (Å²) in [6, 6.07) is 32.9. The molecule has 0 unspecified atom stereocenters. The first-order valence-electron chi connectivity index (χ1n) is 16.1. The van der Waals surface area contributed by atoms with E-state index >= 15 is 8.78 Å². The Kier molecular flexibility index (Phi) is 11.8. The topological polar surface area (TPSA) is 115 Å². The number of hydrogen-bond donors (Lipinski definition) is 0. The Balaban J connectivity index is 0.00000275. The monoisotopic (exact) mass is 1120 g/mol. The van der Waals surface area contributed by atoms with Crippen molar-refractivity contribution in [1.82, 2.24) is 39.5 Å². The molecule has 0 fully saturated rings. The van der Waals surface area contributed by atoms with Gasteiger partial charge in [0.05, 0.1) is 46.2 Å². The van der Waals surface area contributed by atoms with Gasteiger partial charge in [-0.15, -0.1) is 30.3 Å². The number of halogens is 4. The first-order valence-corrected chi connectivity index (χ1v) is 16.1. The first-order chi connectivity index (χ1) is 26.8. The van der Waals surface area contributed by atoms with E-state index in [1.807, 2.05) is 6.07 Å². The zero-order valence-electron chi connectivity index (χ0n) is 28.5. The van der Waals surface area contributed by atoms with E-state index in [2.05, 4.69) is 39.6 Å². The fraction of sp³-hybridized carbons (Fsp3) is 0.0244. The molecule has 0 spiro atoms. The van der Waals surface area contributed by atoms with Crippen LogP contribution in [0.25, 0.3) is 39.0 Å². The standard InChI is InChI=1S/C41H18F4N10.2Pt/c1-47-38-19-21-55(53-38)40-13-5-11-37(51-40)41(36-10-4-12-39(50-36)54-20-18-27(24-46)52-54,34-8-2-6-32(48-34)28-16-14-25(42)22-30(28)44)35-9-3-7-33(49-35)29-17-15-26(43)23-31(29)45;;/h2-15,18-19,22-23H;;/q-4;2*+2. The van der Waals surface area contributed by atoms with Gasteiger partial charge in [0.1, 0.15) is 5.41 Å². The van der Waals surface area contributed by atoms with Crippen LogP contribution in [0.2, 0.25) is 0 Å². The summed E-state index contributed by atoms with van der Waals surface area (Å²) in [5.74, 6) is -2.95. The van der Waals surface area contributed by atoms with Gasteiger partial charge in [-0.05, 0) is 53.0 Å². The molecule has 0 bridgehead atoms. The molecule has 2 aromatic carbocycles. The summed E-state index contributed by atoms with van der Waals surface area (Å²) in [4.78, 5) is 23.2. The van der Waals surface area contributed by atoms with Crippen LogP contribution in [-0.2, 0) is 47.5 Å². The van der Waals surface area contributed by atoms with Crippen molar-refractivity contribution in [3.63, 3.8) is 0 Å². The van der Waals surface area contributed by atoms with Crippen LogP contribution < -0.4 is 0 Å². The fourth-order valence-electron chi connectivity index (χ4n) is 6.05. The van der Waals surface area contributed by atoms with Crippen LogP contribution in [0, 0.1) is 65.7 Å². The zero-order chi connectivity index (χ0) is 38.1. The minimum Gasteiger partial charge on any atom is -0.342 e. The van der Waals surface area contributed by atoms with Gasteiger partial charge in [0.25, 0.3) is 0 Å².